The van der Waals surface area contributed by atoms with Gasteiger partial charge in [0, 0.05) is 0 Å². The molecule has 106 valence electrons. The predicted molar refractivity (Wildman–Crippen MR) is 77.2 cm³/mol. The molecule has 0 bridgehead atoms. The minimum absolute atomic E-state index is 0.261. The van der Waals surface area contributed by atoms with Gasteiger partial charge < -0.3 is 15.8 Å². The molecule has 0 aliphatic heterocycles. The third-order valence-corrected chi connectivity index (χ3v) is 2.95. The molecule has 0 radical (unpaired) electrons. The van der Waals surface area contributed by atoms with Gasteiger partial charge in [-0.25, -0.2) is 0 Å². The number of nitrogens with one attached hydrogen (secondary N) is 1. The number of carbonyl (C=O) groups excluding carboxylic acids is 1. The molecule has 19 heavy (non-hydrogen) atoms. The number of amides is 1. The molecule has 0 aromatic heterocycles. The number of unbranched alkanes of at least 4 members (excludes halogenated alkanes) is 1. The van der Waals surface area contributed by atoms with Crippen LogP contribution in [-0.2, 0) is 11.2 Å². The first-order chi connectivity index (χ1) is 9.17. The van der Waals surface area contributed by atoms with Gasteiger partial charge in [0.1, 0.15) is 18.4 Å². The van der Waals surface area contributed by atoms with Crippen molar-refractivity contribution in [1.29, 1.82) is 0 Å². The van der Waals surface area contributed by atoms with Gasteiger partial charge in [-0.2, -0.15) is 0 Å². The van der Waals surface area contributed by atoms with Crippen LogP contribution in [0.5, 0.6) is 5.75 Å². The number of carbonyl (C=O) groups is 1. The van der Waals surface area contributed by atoms with Gasteiger partial charge in [-0.3, -0.25) is 4.79 Å². The zero-order valence-electron chi connectivity index (χ0n) is 11.8. The van der Waals surface area contributed by atoms with Gasteiger partial charge in [0.05, 0.1) is 0 Å². The number of rotatable bonds is 9. The molecule has 3 N–H and O–H groups in total. The van der Waals surface area contributed by atoms with E-state index in [0.717, 1.165) is 12.2 Å². The first kappa shape index (κ1) is 15.5. The molecule has 1 rings (SSSR count). The highest BCUT2D eigenvalue weighted by atomic mass is 16.5. The second-order valence-corrected chi connectivity index (χ2v) is 4.57. The van der Waals surface area contributed by atoms with E-state index in [1.165, 1.54) is 18.4 Å². The summed E-state index contributed by atoms with van der Waals surface area (Å²) in [6.45, 7) is 5.06. The van der Waals surface area contributed by atoms with Crippen LogP contribution in [0.4, 0.5) is 0 Å². The van der Waals surface area contributed by atoms with E-state index in [0.29, 0.717) is 6.54 Å². The van der Waals surface area contributed by atoms with Crippen molar-refractivity contribution in [3.63, 3.8) is 0 Å². The lowest BCUT2D eigenvalue weighted by atomic mass is 10.1. The Morgan fingerprint density at radius 1 is 1.32 bits per heavy atom. The summed E-state index contributed by atoms with van der Waals surface area (Å²) in [4.78, 5) is 11.2. The maximum Gasteiger partial charge on any atom is 0.238 e. The van der Waals surface area contributed by atoms with Crippen molar-refractivity contribution in [3.8, 4) is 5.75 Å². The van der Waals surface area contributed by atoms with Crippen LogP contribution < -0.4 is 15.8 Å². The Balaban J connectivity index is 2.46. The Labute approximate surface area is 115 Å². The van der Waals surface area contributed by atoms with E-state index < -0.39 is 6.04 Å². The van der Waals surface area contributed by atoms with Crippen LogP contribution >= 0.6 is 0 Å². The summed E-state index contributed by atoms with van der Waals surface area (Å²) in [5.41, 5.74) is 6.60. The maximum absolute atomic E-state index is 11.2. The fraction of sp³-hybridized carbons (Fsp3) is 0.533. The van der Waals surface area contributed by atoms with Gasteiger partial charge in [0.15, 0.2) is 0 Å². The Kier molecular flexibility index (Phi) is 6.97. The van der Waals surface area contributed by atoms with Crippen LogP contribution in [-0.4, -0.2) is 25.1 Å². The number of nitrogens with two attached hydrogens (primary N) is 1. The van der Waals surface area contributed by atoms with E-state index in [4.69, 9.17) is 10.5 Å². The predicted octanol–water partition coefficient (Wildman–Crippen LogP) is 1.87. The lowest BCUT2D eigenvalue weighted by Gasteiger charge is -2.15. The minimum atomic E-state index is -0.440. The highest BCUT2D eigenvalue weighted by molar-refractivity contribution is 5.80. The molecule has 0 aliphatic rings. The van der Waals surface area contributed by atoms with Crippen LogP contribution in [0.1, 0.15) is 32.3 Å². The van der Waals surface area contributed by atoms with Crippen LogP contribution in [0.3, 0.4) is 0 Å². The van der Waals surface area contributed by atoms with E-state index >= 15 is 0 Å². The van der Waals surface area contributed by atoms with Crippen molar-refractivity contribution in [3.05, 3.63) is 29.8 Å². The Morgan fingerprint density at radius 3 is 2.53 bits per heavy atom. The highest BCUT2D eigenvalue weighted by Crippen LogP contribution is 2.14. The third-order valence-electron chi connectivity index (χ3n) is 2.95. The Hall–Kier alpha value is -1.55. The molecule has 4 heteroatoms. The smallest absolute Gasteiger partial charge is 0.238 e. The van der Waals surface area contributed by atoms with E-state index in [2.05, 4.69) is 24.4 Å². The molecule has 0 saturated carbocycles. The average molecular weight is 264 g/mol. The Bertz CT molecular complexity index is 376. The number of hydrogen-bond acceptors (Lipinski definition) is 3. The quantitative estimate of drug-likeness (QED) is 0.715. The van der Waals surface area contributed by atoms with Gasteiger partial charge in [-0.05, 0) is 37.1 Å². The maximum atomic E-state index is 11.2. The molecule has 1 aromatic carbocycles. The van der Waals surface area contributed by atoms with Gasteiger partial charge in [0.2, 0.25) is 5.91 Å². The first-order valence-corrected chi connectivity index (χ1v) is 6.91. The monoisotopic (exact) mass is 264 g/mol. The minimum Gasteiger partial charge on any atom is -0.491 e. The zero-order chi connectivity index (χ0) is 14.1. The van der Waals surface area contributed by atoms with Crippen molar-refractivity contribution < 1.29 is 9.53 Å². The summed E-state index contributed by atoms with van der Waals surface area (Å²) in [6.07, 6.45) is 3.49. The summed E-state index contributed by atoms with van der Waals surface area (Å²) in [6, 6.07) is 7.57. The average Bonchev–Trinajstić information content (AvgIpc) is 2.42. The van der Waals surface area contributed by atoms with Gasteiger partial charge >= 0.3 is 0 Å². The first-order valence-electron chi connectivity index (χ1n) is 6.91. The number of hydrogen-bond donors (Lipinski definition) is 2. The molecule has 1 aromatic rings. The molecule has 1 atom stereocenters. The van der Waals surface area contributed by atoms with E-state index in [1.54, 1.807) is 0 Å². The number of benzene rings is 1. The van der Waals surface area contributed by atoms with Crippen molar-refractivity contribution >= 4 is 5.91 Å². The second kappa shape index (κ2) is 8.53. The molecule has 0 saturated heterocycles. The molecule has 0 spiro atoms. The second-order valence-electron chi connectivity index (χ2n) is 4.57. The topological polar surface area (TPSA) is 64.3 Å². The Morgan fingerprint density at radius 2 is 2.00 bits per heavy atom. The summed E-state index contributed by atoms with van der Waals surface area (Å²) < 4.78 is 5.58. The van der Waals surface area contributed by atoms with Crippen LogP contribution in [0, 0.1) is 0 Å². The summed E-state index contributed by atoms with van der Waals surface area (Å²) in [5.74, 6) is 0.380. The molecule has 0 aliphatic carbocycles. The molecule has 0 fully saturated rings. The van der Waals surface area contributed by atoms with Crippen molar-refractivity contribution in [2.24, 2.45) is 5.73 Å². The fourth-order valence-electron chi connectivity index (χ4n) is 1.80. The third kappa shape index (κ3) is 5.75. The summed E-state index contributed by atoms with van der Waals surface area (Å²) >= 11 is 0. The SMILES string of the molecule is CCCCc1ccc(OCC(NCC)C(N)=O)cc1. The molecule has 4 nitrogen and oxygen atoms in total. The number of aryl methyl sites for hydroxylation is 1. The number of ether oxygens (including phenoxy) is 1. The van der Waals surface area contributed by atoms with Crippen LogP contribution in [0.25, 0.3) is 0 Å². The molecular formula is C15H24N2O2. The fourth-order valence-corrected chi connectivity index (χ4v) is 1.80. The van der Waals surface area contributed by atoms with E-state index in [1.807, 2.05) is 19.1 Å². The zero-order valence-corrected chi connectivity index (χ0v) is 11.8. The largest absolute Gasteiger partial charge is 0.491 e. The lowest BCUT2D eigenvalue weighted by Crippen LogP contribution is -2.45. The van der Waals surface area contributed by atoms with Crippen molar-refractivity contribution in [1.82, 2.24) is 5.32 Å². The standard InChI is InChI=1S/C15H24N2O2/c1-3-5-6-12-7-9-13(10-8-12)19-11-14(15(16)18)17-4-2/h7-10,14,17H,3-6,11H2,1-2H3,(H2,16,18). The normalized spacial score (nSPS) is 12.1. The lowest BCUT2D eigenvalue weighted by molar-refractivity contribution is -0.120. The molecule has 1 unspecified atom stereocenters. The van der Waals surface area contributed by atoms with Crippen LogP contribution in [0.2, 0.25) is 0 Å². The van der Waals surface area contributed by atoms with Gasteiger partial charge in [-0.15, -0.1) is 0 Å². The number of primary amides is 1. The summed E-state index contributed by atoms with van der Waals surface area (Å²) in [5, 5.41) is 2.99. The van der Waals surface area contributed by atoms with Crippen LogP contribution in [0.15, 0.2) is 24.3 Å². The van der Waals surface area contributed by atoms with Gasteiger partial charge in [-0.1, -0.05) is 32.4 Å². The number of likely N-dealkylation sites (N-methyl/N-ethyl adjacent to an activating group) is 1. The molecule has 1 amide bonds. The van der Waals surface area contributed by atoms with Gasteiger partial charge in [0.25, 0.3) is 0 Å². The summed E-state index contributed by atoms with van der Waals surface area (Å²) in [7, 11) is 0. The molecular weight excluding hydrogens is 240 g/mol. The van der Waals surface area contributed by atoms with E-state index in [9.17, 15) is 4.79 Å². The molecule has 0 heterocycles. The van der Waals surface area contributed by atoms with Crippen molar-refractivity contribution in [2.45, 2.75) is 39.2 Å². The highest BCUT2D eigenvalue weighted by Gasteiger charge is 2.14. The van der Waals surface area contributed by atoms with Crippen molar-refractivity contribution in [2.75, 3.05) is 13.2 Å². The van der Waals surface area contributed by atoms with E-state index in [-0.39, 0.29) is 12.5 Å².